The summed E-state index contributed by atoms with van der Waals surface area (Å²) in [6.45, 7) is 1.82. The summed E-state index contributed by atoms with van der Waals surface area (Å²) in [6.07, 6.45) is 2.88. The van der Waals surface area contributed by atoms with E-state index in [1.807, 2.05) is 37.3 Å². The molecule has 0 heterocycles. The van der Waals surface area contributed by atoms with Crippen LogP contribution in [0.15, 0.2) is 72.8 Å². The van der Waals surface area contributed by atoms with Gasteiger partial charge < -0.3 is 15.0 Å². The molecule has 0 aromatic heterocycles. The Bertz CT molecular complexity index is 1400. The third kappa shape index (κ3) is 9.11. The van der Waals surface area contributed by atoms with Crippen LogP contribution in [-0.2, 0) is 32.6 Å². The highest BCUT2D eigenvalue weighted by Gasteiger charge is 2.33. The second-order valence-electron chi connectivity index (χ2n) is 9.54. The number of nitrogens with zero attached hydrogens (tertiary/aromatic N) is 2. The van der Waals surface area contributed by atoms with Crippen LogP contribution < -0.4 is 14.4 Å². The maximum atomic E-state index is 14.1. The van der Waals surface area contributed by atoms with E-state index in [1.165, 1.54) is 12.0 Å². The van der Waals surface area contributed by atoms with Crippen molar-refractivity contribution in [2.24, 2.45) is 0 Å². The summed E-state index contributed by atoms with van der Waals surface area (Å²) in [6, 6.07) is 19.7. The summed E-state index contributed by atoms with van der Waals surface area (Å²) in [5, 5.41) is 3.60. The molecule has 0 bridgehead atoms. The number of nitrogens with one attached hydrogen (secondary N) is 1. The minimum absolute atomic E-state index is 0.101. The van der Waals surface area contributed by atoms with Crippen molar-refractivity contribution in [3.05, 3.63) is 94.0 Å². The number of methoxy groups -OCH3 is 1. The number of benzene rings is 3. The molecule has 0 spiro atoms. The number of ether oxygens (including phenoxy) is 1. The second kappa shape index (κ2) is 15.1. The molecule has 8 nitrogen and oxygen atoms in total. The van der Waals surface area contributed by atoms with Gasteiger partial charge in [-0.1, -0.05) is 72.9 Å². The smallest absolute Gasteiger partial charge is 0.244 e. The highest BCUT2D eigenvalue weighted by molar-refractivity contribution is 7.92. The molecule has 2 amide bonds. The summed E-state index contributed by atoms with van der Waals surface area (Å²) in [5.41, 5.74) is 1.57. The first kappa shape index (κ1) is 32.2. The molecule has 0 fully saturated rings. The molecule has 1 unspecified atom stereocenters. The van der Waals surface area contributed by atoms with Crippen LogP contribution in [0.5, 0.6) is 5.75 Å². The van der Waals surface area contributed by atoms with E-state index < -0.39 is 28.5 Å². The number of sulfonamides is 1. The summed E-state index contributed by atoms with van der Waals surface area (Å²) in [7, 11) is -2.38. The molecule has 1 N–H and O–H groups in total. The minimum atomic E-state index is -3.89. The zero-order chi connectivity index (χ0) is 30.0. The molecule has 0 aliphatic heterocycles. The monoisotopic (exact) mass is 619 g/mol. The summed E-state index contributed by atoms with van der Waals surface area (Å²) >= 11 is 13.0. The molecular weight excluding hydrogens is 585 g/mol. The van der Waals surface area contributed by atoms with Gasteiger partial charge in [-0.25, -0.2) is 8.42 Å². The fourth-order valence-corrected chi connectivity index (χ4v) is 5.64. The van der Waals surface area contributed by atoms with Gasteiger partial charge in [-0.15, -0.1) is 0 Å². The van der Waals surface area contributed by atoms with Crippen LogP contribution in [0.4, 0.5) is 5.69 Å². The Labute approximate surface area is 252 Å². The molecule has 3 rings (SSSR count). The Balaban J connectivity index is 2.07. The quantitative estimate of drug-likeness (QED) is 0.246. The van der Waals surface area contributed by atoms with Crippen molar-refractivity contribution < 1.29 is 22.7 Å². The maximum absolute atomic E-state index is 14.1. The number of anilines is 1. The predicted molar refractivity (Wildman–Crippen MR) is 164 cm³/mol. The number of halogens is 2. The molecule has 3 aromatic carbocycles. The molecule has 0 aliphatic rings. The SMILES string of the molecule is CCCCNC(=O)C(Cc1ccccc1)N(Cc1c(Cl)cccc1Cl)C(=O)CN(c1ccc(OC)cc1)S(C)(=O)=O. The van der Waals surface area contributed by atoms with Crippen LogP contribution in [0.2, 0.25) is 10.0 Å². The number of unbranched alkanes of at least 4 members (excludes halogenated alkanes) is 1. The largest absolute Gasteiger partial charge is 0.497 e. The van der Waals surface area contributed by atoms with Crippen molar-refractivity contribution >= 4 is 50.7 Å². The van der Waals surface area contributed by atoms with Crippen LogP contribution >= 0.6 is 23.2 Å². The Morgan fingerprint density at radius 3 is 2.15 bits per heavy atom. The molecule has 1 atom stereocenters. The van der Waals surface area contributed by atoms with Gasteiger partial charge >= 0.3 is 0 Å². The van der Waals surface area contributed by atoms with Gasteiger partial charge in [0.1, 0.15) is 18.3 Å². The first-order valence-electron chi connectivity index (χ1n) is 13.2. The number of amides is 2. The average molecular weight is 621 g/mol. The zero-order valence-corrected chi connectivity index (χ0v) is 25.7. The van der Waals surface area contributed by atoms with Crippen LogP contribution in [0.3, 0.4) is 0 Å². The number of hydrogen-bond acceptors (Lipinski definition) is 5. The van der Waals surface area contributed by atoms with Crippen molar-refractivity contribution in [2.75, 3.05) is 30.8 Å². The number of rotatable bonds is 14. The van der Waals surface area contributed by atoms with Gasteiger partial charge in [0.05, 0.1) is 19.1 Å². The van der Waals surface area contributed by atoms with E-state index in [4.69, 9.17) is 27.9 Å². The lowest BCUT2D eigenvalue weighted by Crippen LogP contribution is -2.53. The van der Waals surface area contributed by atoms with Gasteiger partial charge in [-0.05, 0) is 48.4 Å². The number of hydrogen-bond donors (Lipinski definition) is 1. The number of carbonyl (C=O) groups excluding carboxylic acids is 2. The first-order chi connectivity index (χ1) is 19.5. The molecule has 0 saturated carbocycles. The van der Waals surface area contributed by atoms with Gasteiger partial charge in [-0.3, -0.25) is 13.9 Å². The highest BCUT2D eigenvalue weighted by Crippen LogP contribution is 2.28. The fourth-order valence-electron chi connectivity index (χ4n) is 4.28. The summed E-state index contributed by atoms with van der Waals surface area (Å²) in [4.78, 5) is 29.1. The Hall–Kier alpha value is -3.27. The minimum Gasteiger partial charge on any atom is -0.497 e. The Morgan fingerprint density at radius 2 is 1.59 bits per heavy atom. The van der Waals surface area contributed by atoms with E-state index in [0.29, 0.717) is 27.9 Å². The van der Waals surface area contributed by atoms with Crippen molar-refractivity contribution in [2.45, 2.75) is 38.8 Å². The van der Waals surface area contributed by atoms with E-state index >= 15 is 0 Å². The molecule has 0 saturated heterocycles. The normalized spacial score (nSPS) is 11.9. The Kier molecular flexibility index (Phi) is 11.9. The van der Waals surface area contributed by atoms with Crippen molar-refractivity contribution in [3.63, 3.8) is 0 Å². The molecular formula is C30H35Cl2N3O5S. The molecule has 11 heteroatoms. The Morgan fingerprint density at radius 1 is 0.951 bits per heavy atom. The fraction of sp³-hybridized carbons (Fsp3) is 0.333. The van der Waals surface area contributed by atoms with E-state index in [9.17, 15) is 18.0 Å². The lowest BCUT2D eigenvalue weighted by atomic mass is 10.0. The van der Waals surface area contributed by atoms with Crippen molar-refractivity contribution in [1.82, 2.24) is 10.2 Å². The summed E-state index contributed by atoms with van der Waals surface area (Å²) < 4.78 is 32.0. The van der Waals surface area contributed by atoms with E-state index in [-0.39, 0.29) is 24.6 Å². The average Bonchev–Trinajstić information content (AvgIpc) is 2.95. The maximum Gasteiger partial charge on any atom is 0.244 e. The van der Waals surface area contributed by atoms with Gasteiger partial charge in [0.15, 0.2) is 0 Å². The van der Waals surface area contributed by atoms with Crippen LogP contribution in [-0.4, -0.2) is 57.6 Å². The first-order valence-corrected chi connectivity index (χ1v) is 15.8. The topological polar surface area (TPSA) is 96.0 Å². The molecule has 3 aromatic rings. The second-order valence-corrected chi connectivity index (χ2v) is 12.3. The number of carbonyl (C=O) groups is 2. The molecule has 220 valence electrons. The van der Waals surface area contributed by atoms with E-state index in [2.05, 4.69) is 5.32 Å². The van der Waals surface area contributed by atoms with E-state index in [1.54, 1.807) is 42.5 Å². The van der Waals surface area contributed by atoms with E-state index in [0.717, 1.165) is 29.0 Å². The van der Waals surface area contributed by atoms with Crippen molar-refractivity contribution in [1.29, 1.82) is 0 Å². The lowest BCUT2D eigenvalue weighted by Gasteiger charge is -2.34. The standard InChI is InChI=1S/C30H35Cl2N3O5S/c1-4-5-18-33-30(37)28(19-22-10-7-6-8-11-22)34(20-25-26(31)12-9-13-27(25)32)29(36)21-35(41(3,38)39)23-14-16-24(40-2)17-15-23/h6-17,28H,4-5,18-21H2,1-3H3,(H,33,37). The third-order valence-corrected chi connectivity index (χ3v) is 8.38. The van der Waals surface area contributed by atoms with Crippen molar-refractivity contribution in [3.8, 4) is 5.75 Å². The van der Waals surface area contributed by atoms with Crippen LogP contribution in [0.25, 0.3) is 0 Å². The molecule has 41 heavy (non-hydrogen) atoms. The third-order valence-electron chi connectivity index (χ3n) is 6.53. The molecule has 0 radical (unpaired) electrons. The predicted octanol–water partition coefficient (Wildman–Crippen LogP) is 5.32. The van der Waals surface area contributed by atoms with Gasteiger partial charge in [0.2, 0.25) is 21.8 Å². The lowest BCUT2D eigenvalue weighted by molar-refractivity contribution is -0.140. The van der Waals surface area contributed by atoms with Gasteiger partial charge in [-0.2, -0.15) is 0 Å². The zero-order valence-electron chi connectivity index (χ0n) is 23.3. The van der Waals surface area contributed by atoms with Crippen LogP contribution in [0.1, 0.15) is 30.9 Å². The summed E-state index contributed by atoms with van der Waals surface area (Å²) in [5.74, 6) is -0.404. The van der Waals surface area contributed by atoms with Gasteiger partial charge in [0.25, 0.3) is 0 Å². The highest BCUT2D eigenvalue weighted by atomic mass is 35.5. The molecule has 0 aliphatic carbocycles. The van der Waals surface area contributed by atoms with Crippen LogP contribution in [0, 0.1) is 0 Å². The van der Waals surface area contributed by atoms with Gasteiger partial charge in [0, 0.05) is 35.1 Å².